The Hall–Kier alpha value is -2.66. The number of nitrogens with zero attached hydrogens (tertiary/aromatic N) is 2. The van der Waals surface area contributed by atoms with Gasteiger partial charge in [0.2, 0.25) is 5.91 Å². The minimum Gasteiger partial charge on any atom is -0.382 e. The van der Waals surface area contributed by atoms with Crippen LogP contribution in [0.15, 0.2) is 60.7 Å². The lowest BCUT2D eigenvalue weighted by molar-refractivity contribution is -0.185. The van der Waals surface area contributed by atoms with Crippen LogP contribution in [0, 0.1) is 0 Å². The molecule has 2 bridgehead atoms. The van der Waals surface area contributed by atoms with Gasteiger partial charge in [0.05, 0.1) is 18.7 Å². The third kappa shape index (κ3) is 3.65. The van der Waals surface area contributed by atoms with Gasteiger partial charge in [-0.2, -0.15) is 0 Å². The Balaban J connectivity index is 1.81. The number of amides is 2. The van der Waals surface area contributed by atoms with Crippen molar-refractivity contribution in [3.8, 4) is 0 Å². The van der Waals surface area contributed by atoms with Crippen molar-refractivity contribution in [2.24, 2.45) is 0 Å². The summed E-state index contributed by atoms with van der Waals surface area (Å²) < 4.78 is 5.62. The number of carbonyl (C=O) groups excluding carboxylic acids is 2. The smallest absolute Gasteiger partial charge is 0.252 e. The van der Waals surface area contributed by atoms with Crippen molar-refractivity contribution in [2.45, 2.75) is 63.2 Å². The molecular weight excluding hydrogens is 388 g/mol. The molecule has 2 aromatic carbocycles. The third-order valence-corrected chi connectivity index (χ3v) is 7.02. The minimum absolute atomic E-state index is 0.0118. The van der Waals surface area contributed by atoms with E-state index in [1.165, 1.54) is 0 Å². The van der Waals surface area contributed by atoms with E-state index in [0.717, 1.165) is 24.0 Å². The molecule has 4 atom stereocenters. The fraction of sp³-hybridized carbons (Fsp3) is 0.462. The number of rotatable bonds is 6. The van der Waals surface area contributed by atoms with Crippen LogP contribution in [-0.2, 0) is 14.3 Å². The number of carbonyl (C=O) groups is 2. The highest BCUT2D eigenvalue weighted by molar-refractivity contribution is 6.00. The molecule has 3 saturated heterocycles. The normalized spacial score (nSPS) is 25.8. The predicted molar refractivity (Wildman–Crippen MR) is 120 cm³/mol. The summed E-state index contributed by atoms with van der Waals surface area (Å²) in [6.45, 7) is 4.27. The standard InChI is InChI=1S/C26H32N2O3/c1-19(21-12-6-4-7-13-21)27-23-16-10-11-17-26(18-31-3,25(27)30)28(24(23)29)20(2)22-14-8-5-9-15-22/h4-9,12-15,19-20,23H,10-11,16-18H2,1-3H3/t19-,20-,23+,26-/m0/s1. The van der Waals surface area contributed by atoms with Crippen molar-refractivity contribution in [1.82, 2.24) is 9.80 Å². The van der Waals surface area contributed by atoms with E-state index >= 15 is 0 Å². The molecular formula is C26H32N2O3. The average molecular weight is 421 g/mol. The summed E-state index contributed by atoms with van der Waals surface area (Å²) in [6.07, 6.45) is 3.15. The summed E-state index contributed by atoms with van der Waals surface area (Å²) in [7, 11) is 1.62. The topological polar surface area (TPSA) is 49.9 Å². The van der Waals surface area contributed by atoms with E-state index in [4.69, 9.17) is 4.74 Å². The molecule has 3 fully saturated rings. The predicted octanol–water partition coefficient (Wildman–Crippen LogP) is 4.51. The Kier molecular flexibility index (Phi) is 6.15. The zero-order valence-electron chi connectivity index (χ0n) is 18.7. The van der Waals surface area contributed by atoms with Gasteiger partial charge >= 0.3 is 0 Å². The van der Waals surface area contributed by atoms with Crippen LogP contribution in [0.25, 0.3) is 0 Å². The lowest BCUT2D eigenvalue weighted by Gasteiger charge is -2.56. The summed E-state index contributed by atoms with van der Waals surface area (Å²) in [5, 5.41) is 0. The van der Waals surface area contributed by atoms with Crippen molar-refractivity contribution in [1.29, 1.82) is 0 Å². The Bertz CT molecular complexity index is 917. The molecule has 5 nitrogen and oxygen atoms in total. The first-order valence-electron chi connectivity index (χ1n) is 11.3. The Morgan fingerprint density at radius 1 is 0.935 bits per heavy atom. The van der Waals surface area contributed by atoms with Gasteiger partial charge in [0.1, 0.15) is 11.6 Å². The highest BCUT2D eigenvalue weighted by Gasteiger charge is 2.59. The number of methoxy groups -OCH3 is 1. The monoisotopic (exact) mass is 420 g/mol. The molecule has 0 saturated carbocycles. The van der Waals surface area contributed by atoms with E-state index in [-0.39, 0.29) is 30.5 Å². The van der Waals surface area contributed by atoms with Crippen molar-refractivity contribution in [3.63, 3.8) is 0 Å². The quantitative estimate of drug-likeness (QED) is 0.691. The van der Waals surface area contributed by atoms with Gasteiger partial charge in [-0.1, -0.05) is 73.5 Å². The number of ether oxygens (including phenoxy) is 1. The number of fused-ring (bicyclic) bond motifs is 5. The summed E-state index contributed by atoms with van der Waals surface area (Å²) in [4.78, 5) is 32.0. The van der Waals surface area contributed by atoms with Gasteiger partial charge in [-0.25, -0.2) is 0 Å². The lowest BCUT2D eigenvalue weighted by Crippen LogP contribution is -2.74. The van der Waals surface area contributed by atoms with Crippen molar-refractivity contribution in [2.75, 3.05) is 13.7 Å². The van der Waals surface area contributed by atoms with Crippen molar-refractivity contribution < 1.29 is 14.3 Å². The maximum Gasteiger partial charge on any atom is 0.252 e. The average Bonchev–Trinajstić information content (AvgIpc) is 2.79. The Morgan fingerprint density at radius 2 is 1.52 bits per heavy atom. The highest BCUT2D eigenvalue weighted by atomic mass is 16.5. The van der Waals surface area contributed by atoms with E-state index in [0.29, 0.717) is 12.8 Å². The molecule has 2 amide bonds. The van der Waals surface area contributed by atoms with Crippen molar-refractivity contribution in [3.05, 3.63) is 71.8 Å². The Labute approximate surface area is 185 Å². The van der Waals surface area contributed by atoms with E-state index in [1.54, 1.807) is 7.11 Å². The SMILES string of the molecule is COC[C@]12CCCC[C@H](C(=O)N1[C@@H](C)c1ccccc1)N([C@@H](C)c1ccccc1)C2=O. The van der Waals surface area contributed by atoms with Crippen LogP contribution >= 0.6 is 0 Å². The maximum absolute atomic E-state index is 14.2. The first-order chi connectivity index (χ1) is 15.0. The number of hydrogen-bond donors (Lipinski definition) is 0. The summed E-state index contributed by atoms with van der Waals surface area (Å²) >= 11 is 0. The van der Waals surface area contributed by atoms with Crippen molar-refractivity contribution >= 4 is 11.8 Å². The van der Waals surface area contributed by atoms with Gasteiger partial charge in [-0.05, 0) is 37.8 Å². The van der Waals surface area contributed by atoms with E-state index < -0.39 is 11.6 Å². The summed E-state index contributed by atoms with van der Waals surface area (Å²) in [6, 6.07) is 19.2. The van der Waals surface area contributed by atoms with Gasteiger partial charge in [0.25, 0.3) is 5.91 Å². The first-order valence-corrected chi connectivity index (χ1v) is 11.3. The van der Waals surface area contributed by atoms with E-state index in [2.05, 4.69) is 0 Å². The van der Waals surface area contributed by atoms with E-state index in [1.807, 2.05) is 84.3 Å². The third-order valence-electron chi connectivity index (χ3n) is 7.02. The molecule has 3 heterocycles. The van der Waals surface area contributed by atoms with Gasteiger partial charge in [0, 0.05) is 7.11 Å². The van der Waals surface area contributed by atoms with Crippen LogP contribution in [0.5, 0.6) is 0 Å². The number of piperazine rings is 1. The van der Waals surface area contributed by atoms with Gasteiger partial charge in [0.15, 0.2) is 0 Å². The molecule has 31 heavy (non-hydrogen) atoms. The largest absolute Gasteiger partial charge is 0.382 e. The fourth-order valence-corrected chi connectivity index (χ4v) is 5.44. The first kappa shape index (κ1) is 21.6. The van der Waals surface area contributed by atoms with Gasteiger partial charge in [-0.3, -0.25) is 9.59 Å². The summed E-state index contributed by atoms with van der Waals surface area (Å²) in [5.74, 6) is 0.0493. The van der Waals surface area contributed by atoms with E-state index in [9.17, 15) is 9.59 Å². The Morgan fingerprint density at radius 3 is 2.10 bits per heavy atom. The van der Waals surface area contributed by atoms with Crippen LogP contribution in [0.4, 0.5) is 0 Å². The van der Waals surface area contributed by atoms with Crippen LogP contribution in [-0.4, -0.2) is 46.9 Å². The van der Waals surface area contributed by atoms with Crippen LogP contribution < -0.4 is 0 Å². The zero-order valence-corrected chi connectivity index (χ0v) is 18.7. The van der Waals surface area contributed by atoms with Crippen LogP contribution in [0.3, 0.4) is 0 Å². The minimum atomic E-state index is -0.985. The molecule has 0 spiro atoms. The molecule has 3 aliphatic rings. The number of hydrogen-bond acceptors (Lipinski definition) is 3. The zero-order chi connectivity index (χ0) is 22.0. The summed E-state index contributed by atoms with van der Waals surface area (Å²) in [5.41, 5.74) is 1.10. The molecule has 0 unspecified atom stereocenters. The van der Waals surface area contributed by atoms with Gasteiger partial charge in [-0.15, -0.1) is 0 Å². The molecule has 0 N–H and O–H groups in total. The van der Waals surface area contributed by atoms with Crippen LogP contribution in [0.2, 0.25) is 0 Å². The molecule has 0 radical (unpaired) electrons. The highest BCUT2D eigenvalue weighted by Crippen LogP contribution is 2.44. The maximum atomic E-state index is 14.2. The second kappa shape index (κ2) is 8.83. The lowest BCUT2D eigenvalue weighted by atomic mass is 9.78. The molecule has 3 aliphatic heterocycles. The molecule has 0 aliphatic carbocycles. The van der Waals surface area contributed by atoms with Gasteiger partial charge < -0.3 is 14.5 Å². The fourth-order valence-electron chi connectivity index (χ4n) is 5.44. The molecule has 5 rings (SSSR count). The second-order valence-corrected chi connectivity index (χ2v) is 8.82. The molecule has 164 valence electrons. The van der Waals surface area contributed by atoms with Crippen LogP contribution in [0.1, 0.15) is 62.7 Å². The molecule has 0 aromatic heterocycles. The number of benzene rings is 2. The molecule has 2 aromatic rings. The molecule has 5 heteroatoms. The second-order valence-electron chi connectivity index (χ2n) is 8.82.